The van der Waals surface area contributed by atoms with Crippen molar-refractivity contribution in [3.8, 4) is 5.97 Å². The Hall–Kier alpha value is -3.67. The van der Waals surface area contributed by atoms with Crippen LogP contribution in [0.25, 0.3) is 0 Å². The average molecular weight is 418 g/mol. The molecular formula is C22H23BN4O4. The molecule has 1 fully saturated rings. The highest BCUT2D eigenvalue weighted by Gasteiger charge is 2.29. The van der Waals surface area contributed by atoms with Crippen molar-refractivity contribution >= 4 is 24.4 Å². The Morgan fingerprint density at radius 3 is 2.48 bits per heavy atom. The Labute approximate surface area is 181 Å². The number of nitroso groups, excluding NO2 is 1. The highest BCUT2D eigenvalue weighted by molar-refractivity contribution is 6.67. The molecule has 0 aromatic heterocycles. The van der Waals surface area contributed by atoms with Gasteiger partial charge in [-0.1, -0.05) is 29.4 Å². The molecule has 1 aliphatic heterocycles. The number of rotatable bonds is 6. The monoisotopic (exact) mass is 418 g/mol. The van der Waals surface area contributed by atoms with Gasteiger partial charge in [0.25, 0.3) is 6.71 Å². The summed E-state index contributed by atoms with van der Waals surface area (Å²) in [4.78, 5) is 39.2. The van der Waals surface area contributed by atoms with E-state index in [4.69, 9.17) is 10.00 Å². The number of nitrogens with zero attached hydrogens (tertiary/aromatic N) is 4. The number of hydrogen-bond acceptors (Lipinski definition) is 6. The minimum atomic E-state index is -0.422. The maximum atomic E-state index is 13.4. The van der Waals surface area contributed by atoms with Crippen molar-refractivity contribution < 1.29 is 14.3 Å². The van der Waals surface area contributed by atoms with Crippen LogP contribution in [0.15, 0.2) is 53.7 Å². The first kappa shape index (κ1) is 22.0. The largest absolute Gasteiger partial charge is 0.465 e. The predicted octanol–water partition coefficient (Wildman–Crippen LogP) is 3.74. The lowest BCUT2D eigenvalue weighted by Gasteiger charge is -2.34. The Bertz CT molecular complexity index is 982. The number of esters is 1. The summed E-state index contributed by atoms with van der Waals surface area (Å²) in [7, 11) is 1.33. The first-order valence-electron chi connectivity index (χ1n) is 10.1. The molecule has 0 unspecified atom stereocenters. The lowest BCUT2D eigenvalue weighted by molar-refractivity contribution is 0.0600. The molecule has 2 aromatic rings. The number of amides is 2. The van der Waals surface area contributed by atoms with Gasteiger partial charge in [0.2, 0.25) is 0 Å². The molecule has 0 bridgehead atoms. The van der Waals surface area contributed by atoms with Gasteiger partial charge in [-0.25, -0.2) is 14.9 Å². The van der Waals surface area contributed by atoms with Gasteiger partial charge in [0.15, 0.2) is 0 Å². The zero-order valence-electron chi connectivity index (χ0n) is 17.4. The highest BCUT2D eigenvalue weighted by Crippen LogP contribution is 2.23. The number of anilines is 1. The van der Waals surface area contributed by atoms with Gasteiger partial charge in [-0.3, -0.25) is 4.90 Å². The molecule has 3 rings (SSSR count). The summed E-state index contributed by atoms with van der Waals surface area (Å²) < 4.78 is 4.73. The van der Waals surface area contributed by atoms with E-state index in [0.717, 1.165) is 11.1 Å². The van der Waals surface area contributed by atoms with E-state index >= 15 is 0 Å². The number of methoxy groups -OCH3 is 1. The third-order valence-corrected chi connectivity index (χ3v) is 5.36. The van der Waals surface area contributed by atoms with Crippen molar-refractivity contribution in [2.45, 2.75) is 25.7 Å². The Morgan fingerprint density at radius 1 is 1.16 bits per heavy atom. The van der Waals surface area contributed by atoms with E-state index in [0.29, 0.717) is 37.0 Å². The van der Waals surface area contributed by atoms with Crippen molar-refractivity contribution in [3.63, 3.8) is 0 Å². The van der Waals surface area contributed by atoms with Crippen LogP contribution in [-0.4, -0.2) is 43.8 Å². The minimum Gasteiger partial charge on any atom is -0.465 e. The van der Waals surface area contributed by atoms with Crippen LogP contribution in [0.5, 0.6) is 0 Å². The van der Waals surface area contributed by atoms with E-state index in [2.05, 4.69) is 11.1 Å². The number of benzene rings is 2. The lowest BCUT2D eigenvalue weighted by Crippen LogP contribution is -2.47. The van der Waals surface area contributed by atoms with Gasteiger partial charge in [-0.05, 0) is 48.0 Å². The summed E-state index contributed by atoms with van der Waals surface area (Å²) >= 11 is 0. The van der Waals surface area contributed by atoms with Gasteiger partial charge < -0.3 is 9.64 Å². The van der Waals surface area contributed by atoms with E-state index in [1.54, 1.807) is 52.3 Å². The molecule has 1 aliphatic rings. The molecule has 158 valence electrons. The molecule has 31 heavy (non-hydrogen) atoms. The van der Waals surface area contributed by atoms with Gasteiger partial charge in [0.05, 0.1) is 19.2 Å². The van der Waals surface area contributed by atoms with Crippen LogP contribution in [0.2, 0.25) is 12.6 Å². The third-order valence-electron chi connectivity index (χ3n) is 5.36. The summed E-state index contributed by atoms with van der Waals surface area (Å²) in [6.07, 6.45) is 1.30. The van der Waals surface area contributed by atoms with Gasteiger partial charge in [-0.15, -0.1) is 0 Å². The average Bonchev–Trinajstić information content (AvgIpc) is 2.82. The quantitative estimate of drug-likeness (QED) is 0.404. The lowest BCUT2D eigenvalue weighted by atomic mass is 9.45. The first-order valence-corrected chi connectivity index (χ1v) is 10.1. The van der Waals surface area contributed by atoms with Gasteiger partial charge in [-0.2, -0.15) is 4.91 Å². The first-order chi connectivity index (χ1) is 15.0. The Balaban J connectivity index is 1.86. The zero-order chi connectivity index (χ0) is 22.2. The Morgan fingerprint density at radius 2 is 1.87 bits per heavy atom. The number of ether oxygens (including phenoxy) is 1. The van der Waals surface area contributed by atoms with E-state index in [-0.39, 0.29) is 25.8 Å². The van der Waals surface area contributed by atoms with Gasteiger partial charge in [0, 0.05) is 24.7 Å². The topological polar surface area (TPSA) is 103 Å². The van der Waals surface area contributed by atoms with E-state index in [1.807, 2.05) is 6.07 Å². The van der Waals surface area contributed by atoms with Crippen LogP contribution in [-0.2, 0) is 17.8 Å². The van der Waals surface area contributed by atoms with E-state index < -0.39 is 5.97 Å². The van der Waals surface area contributed by atoms with Crippen molar-refractivity contribution in [1.82, 2.24) is 4.90 Å². The SMILES string of the molecule is COC(=O)c1ccc(CN(C(=O)N2CCB(C#N)CC2)c2cccc(CN=O)c2)cc1. The maximum absolute atomic E-state index is 13.4. The van der Waals surface area contributed by atoms with E-state index in [9.17, 15) is 14.5 Å². The molecule has 8 nitrogen and oxygen atoms in total. The molecule has 2 aromatic carbocycles. The molecular weight excluding hydrogens is 395 g/mol. The number of carbonyl (C=O) groups excluding carboxylic acids is 2. The van der Waals surface area contributed by atoms with Crippen LogP contribution in [0.4, 0.5) is 10.5 Å². The van der Waals surface area contributed by atoms with Gasteiger partial charge >= 0.3 is 12.0 Å². The number of nitriles is 1. The summed E-state index contributed by atoms with van der Waals surface area (Å²) in [5.74, 6) is 1.85. The van der Waals surface area contributed by atoms with E-state index in [1.165, 1.54) is 7.11 Å². The predicted molar refractivity (Wildman–Crippen MR) is 118 cm³/mol. The second kappa shape index (κ2) is 10.4. The molecule has 2 amide bonds. The van der Waals surface area contributed by atoms with Gasteiger partial charge in [0.1, 0.15) is 6.54 Å². The fourth-order valence-corrected chi connectivity index (χ4v) is 3.58. The molecule has 0 N–H and O–H groups in total. The van der Waals surface area contributed by atoms with Crippen LogP contribution < -0.4 is 4.90 Å². The fraction of sp³-hybridized carbons (Fsp3) is 0.318. The number of hydrogen-bond donors (Lipinski definition) is 0. The minimum absolute atomic E-state index is 0.0228. The van der Waals surface area contributed by atoms with Crippen molar-refractivity contribution in [2.75, 3.05) is 25.1 Å². The molecule has 0 spiro atoms. The number of carbonyl (C=O) groups is 2. The van der Waals surface area contributed by atoms with Crippen molar-refractivity contribution in [3.05, 3.63) is 70.1 Å². The normalized spacial score (nSPS) is 13.3. The standard InChI is InChI=1S/C22H23BN4O4/c1-31-21(28)19-7-5-17(6-8-19)15-27(20-4-2-3-18(13-20)14-25-30)22(29)26-11-9-23(16-24)10-12-26/h2-8,13H,9-12,14-15H2,1H3. The highest BCUT2D eigenvalue weighted by atomic mass is 16.5. The molecule has 1 saturated heterocycles. The second-order valence-corrected chi connectivity index (χ2v) is 7.40. The van der Waals surface area contributed by atoms with Crippen LogP contribution in [0.3, 0.4) is 0 Å². The van der Waals surface area contributed by atoms with Crippen LogP contribution >= 0.6 is 0 Å². The molecule has 0 aliphatic carbocycles. The Kier molecular flexibility index (Phi) is 7.38. The molecule has 0 atom stereocenters. The number of urea groups is 1. The molecule has 0 saturated carbocycles. The second-order valence-electron chi connectivity index (χ2n) is 7.40. The summed E-state index contributed by atoms with van der Waals surface area (Å²) in [6.45, 7) is 1.33. The molecule has 0 radical (unpaired) electrons. The smallest absolute Gasteiger partial charge is 0.337 e. The fourth-order valence-electron chi connectivity index (χ4n) is 3.58. The summed E-state index contributed by atoms with van der Waals surface area (Å²) in [6, 6.07) is 13.9. The summed E-state index contributed by atoms with van der Waals surface area (Å²) in [5.41, 5.74) is 2.65. The molecule has 9 heteroatoms. The summed E-state index contributed by atoms with van der Waals surface area (Å²) in [5, 5.41) is 12.1. The maximum Gasteiger partial charge on any atom is 0.337 e. The molecule has 1 heterocycles. The van der Waals surface area contributed by atoms with Crippen LogP contribution in [0.1, 0.15) is 21.5 Å². The van der Waals surface area contributed by atoms with Crippen LogP contribution in [0, 0.1) is 16.1 Å². The van der Waals surface area contributed by atoms with Crippen molar-refractivity contribution in [1.29, 1.82) is 5.26 Å². The van der Waals surface area contributed by atoms with Crippen molar-refractivity contribution in [2.24, 2.45) is 5.18 Å². The zero-order valence-corrected chi connectivity index (χ0v) is 17.4. The third kappa shape index (κ3) is 5.48.